The Bertz CT molecular complexity index is 2020. The van der Waals surface area contributed by atoms with Gasteiger partial charge in [-0.2, -0.15) is 8.81 Å². The Balaban J connectivity index is 1.24. The van der Waals surface area contributed by atoms with Crippen LogP contribution in [-0.2, 0) is 31.6 Å². The van der Waals surface area contributed by atoms with E-state index >= 15 is 0 Å². The highest BCUT2D eigenvalue weighted by Crippen LogP contribution is 2.38. The highest BCUT2D eigenvalue weighted by molar-refractivity contribution is 8.09. The number of fused-ring (bicyclic) bond motifs is 1. The van der Waals surface area contributed by atoms with Gasteiger partial charge in [0.25, 0.3) is 20.0 Å². The van der Waals surface area contributed by atoms with Gasteiger partial charge >= 0.3 is 0 Å². The fourth-order valence-electron chi connectivity index (χ4n) is 6.83. The molecule has 2 aliphatic rings. The van der Waals surface area contributed by atoms with Crippen molar-refractivity contribution in [3.05, 3.63) is 78.9 Å². The maximum atomic E-state index is 13.8. The Morgan fingerprint density at radius 3 is 2.06 bits per heavy atom. The zero-order valence-electron chi connectivity index (χ0n) is 26.6. The first-order valence-electron chi connectivity index (χ1n) is 15.9. The van der Waals surface area contributed by atoms with Crippen molar-refractivity contribution < 1.29 is 25.7 Å². The molecule has 0 bridgehead atoms. The average Bonchev–Trinajstić information content (AvgIpc) is 3.84. The zero-order valence-corrected chi connectivity index (χ0v) is 28.2. The van der Waals surface area contributed by atoms with Gasteiger partial charge in [0.1, 0.15) is 40.9 Å². The summed E-state index contributed by atoms with van der Waals surface area (Å²) >= 11 is 0. The van der Waals surface area contributed by atoms with Crippen LogP contribution in [0, 0.1) is 0 Å². The second-order valence-corrected chi connectivity index (χ2v) is 16.3. The number of hydrogen-bond donors (Lipinski definition) is 1. The van der Waals surface area contributed by atoms with Crippen LogP contribution < -0.4 is 9.44 Å². The van der Waals surface area contributed by atoms with Crippen molar-refractivity contribution in [2.24, 2.45) is 0 Å². The molecular formula is C32H38N8O6S2. The first kappa shape index (κ1) is 32.3. The van der Waals surface area contributed by atoms with E-state index in [1.54, 1.807) is 24.3 Å². The van der Waals surface area contributed by atoms with Crippen LogP contribution in [0.5, 0.6) is 0 Å². The predicted molar refractivity (Wildman–Crippen MR) is 181 cm³/mol. The summed E-state index contributed by atoms with van der Waals surface area (Å²) in [6, 6.07) is 12.9. The van der Waals surface area contributed by atoms with Crippen LogP contribution in [0.3, 0.4) is 0 Å². The lowest BCUT2D eigenvalue weighted by molar-refractivity contribution is 0.0815. The van der Waals surface area contributed by atoms with Crippen LogP contribution in [0.1, 0.15) is 43.2 Å². The normalized spacial score (nSPS) is 19.9. The largest absolute Gasteiger partial charge is 0.468 e. The minimum Gasteiger partial charge on any atom is -0.468 e. The number of rotatable bonds is 10. The fraction of sp³-hybridized carbons (Fsp3) is 0.406. The highest BCUT2D eigenvalue weighted by Gasteiger charge is 2.37. The summed E-state index contributed by atoms with van der Waals surface area (Å²) in [5.74, 6) is -0.915. The number of nitrogens with zero attached hydrogens (tertiary/aromatic N) is 7. The lowest BCUT2D eigenvalue weighted by Gasteiger charge is -2.41. The Morgan fingerprint density at radius 2 is 1.46 bits per heavy atom. The van der Waals surface area contributed by atoms with E-state index in [0.29, 0.717) is 32.0 Å². The van der Waals surface area contributed by atoms with E-state index in [2.05, 4.69) is 26.8 Å². The molecule has 1 aliphatic heterocycles. The minimum absolute atomic E-state index is 0.0845. The molecule has 0 atom stereocenters. The summed E-state index contributed by atoms with van der Waals surface area (Å²) in [4.78, 5) is 13.8. The number of hydrogen-bond acceptors (Lipinski definition) is 12. The van der Waals surface area contributed by atoms with Gasteiger partial charge in [-0.15, -0.1) is 0 Å². The van der Waals surface area contributed by atoms with E-state index in [9.17, 15) is 16.8 Å². The molecule has 1 saturated carbocycles. The molecule has 1 saturated heterocycles. The monoisotopic (exact) mass is 694 g/mol. The molecule has 254 valence electrons. The maximum absolute atomic E-state index is 13.8. The number of aromatic nitrogens is 4. The summed E-state index contributed by atoms with van der Waals surface area (Å²) in [6.07, 6.45) is 7.99. The van der Waals surface area contributed by atoms with Crippen LogP contribution in [0.15, 0.2) is 76.2 Å². The molecule has 0 unspecified atom stereocenters. The Hall–Kier alpha value is -4.25. The number of piperazine rings is 1. The molecule has 2 fully saturated rings. The van der Waals surface area contributed by atoms with Crippen molar-refractivity contribution >= 4 is 42.6 Å². The van der Waals surface area contributed by atoms with Crippen molar-refractivity contribution in [1.82, 2.24) is 29.5 Å². The van der Waals surface area contributed by atoms with Crippen LogP contribution in [0.4, 0.5) is 11.5 Å². The summed E-state index contributed by atoms with van der Waals surface area (Å²) in [6.45, 7) is 4.31. The predicted octanol–water partition coefficient (Wildman–Crippen LogP) is 3.86. The summed E-state index contributed by atoms with van der Waals surface area (Å²) < 4.78 is 68.3. The van der Waals surface area contributed by atoms with Crippen LogP contribution in [0.25, 0.3) is 22.3 Å². The molecule has 5 heterocycles. The molecule has 16 heteroatoms. The van der Waals surface area contributed by atoms with E-state index in [1.165, 1.54) is 43.1 Å². The Morgan fingerprint density at radius 1 is 0.833 bits per heavy atom. The van der Waals surface area contributed by atoms with Gasteiger partial charge in [-0.3, -0.25) is 4.90 Å². The van der Waals surface area contributed by atoms with Gasteiger partial charge in [-0.1, -0.05) is 12.1 Å². The van der Waals surface area contributed by atoms with Gasteiger partial charge in [-0.05, 0) is 69.1 Å². The molecule has 5 aromatic rings. The van der Waals surface area contributed by atoms with Crippen molar-refractivity contribution in [2.45, 2.75) is 49.3 Å². The van der Waals surface area contributed by atoms with Crippen molar-refractivity contribution in [2.75, 3.05) is 42.7 Å². The first-order valence-corrected chi connectivity index (χ1v) is 19.1. The van der Waals surface area contributed by atoms with Crippen molar-refractivity contribution in [3.8, 4) is 11.3 Å². The van der Waals surface area contributed by atoms with Gasteiger partial charge < -0.3 is 19.5 Å². The quantitative estimate of drug-likeness (QED) is 0.224. The lowest BCUT2D eigenvalue weighted by Crippen LogP contribution is -2.49. The fourth-order valence-corrected chi connectivity index (χ4v) is 10.7. The van der Waals surface area contributed by atoms with Gasteiger partial charge in [0, 0.05) is 37.8 Å². The topological polar surface area (TPSA) is 174 Å². The highest BCUT2D eigenvalue weighted by atomic mass is 32.3. The van der Waals surface area contributed by atoms with Crippen LogP contribution >= 0.6 is 0 Å². The maximum Gasteiger partial charge on any atom is 0.255 e. The summed E-state index contributed by atoms with van der Waals surface area (Å²) in [5.41, 5.74) is 7.82. The molecule has 2 N–H and O–H groups in total. The number of anilines is 2. The number of nitrogens with two attached hydrogens (primary N) is 1. The number of furan rings is 2. The summed E-state index contributed by atoms with van der Waals surface area (Å²) in [7, 11) is -6.86. The van der Waals surface area contributed by atoms with Crippen molar-refractivity contribution in [3.63, 3.8) is 0 Å². The smallest absolute Gasteiger partial charge is 0.255 e. The molecule has 1 aromatic carbocycles. The number of benzene rings is 1. The number of nitrogen functional groups attached to an aromatic ring is 1. The second-order valence-electron chi connectivity index (χ2n) is 12.5. The molecular weight excluding hydrogens is 657 g/mol. The van der Waals surface area contributed by atoms with Crippen LogP contribution in [-0.4, -0.2) is 85.7 Å². The molecule has 14 nitrogen and oxygen atoms in total. The molecule has 0 spiro atoms. The third kappa shape index (κ3) is 6.44. The zero-order chi connectivity index (χ0) is 33.5. The molecule has 48 heavy (non-hydrogen) atoms. The van der Waals surface area contributed by atoms with E-state index in [-0.39, 0.29) is 29.1 Å². The SMILES string of the molecule is CN1CCN([C@H]2CC[C@@H](n3nc(-c4cccc(N(S(=O)(=O)Cc5ccco5)S(=O)(=O)Cc5ccco5)c4)c4c(N)ncnc43)CC2)CC1. The molecule has 1 aliphatic carbocycles. The number of sulfonamides is 2. The van der Waals surface area contributed by atoms with E-state index < -0.39 is 31.6 Å². The van der Waals surface area contributed by atoms with Gasteiger partial charge in [-0.25, -0.2) is 31.5 Å². The van der Waals surface area contributed by atoms with Crippen molar-refractivity contribution in [1.29, 1.82) is 0 Å². The molecule has 0 radical (unpaired) electrons. The van der Waals surface area contributed by atoms with Gasteiger partial charge in [0.2, 0.25) is 0 Å². The third-order valence-corrected chi connectivity index (χ3v) is 13.3. The Labute approximate surface area is 279 Å². The summed E-state index contributed by atoms with van der Waals surface area (Å²) in [5, 5.41) is 5.53. The molecule has 4 aromatic heterocycles. The minimum atomic E-state index is -4.51. The molecule has 7 rings (SSSR count). The first-order chi connectivity index (χ1) is 23.1. The number of likely N-dealkylation sites (N-methyl/N-ethyl adjacent to an activating group) is 1. The third-order valence-electron chi connectivity index (χ3n) is 9.23. The molecule has 0 amide bonds. The van der Waals surface area contributed by atoms with E-state index in [4.69, 9.17) is 19.7 Å². The van der Waals surface area contributed by atoms with Gasteiger partial charge in [0.15, 0.2) is 5.65 Å². The second kappa shape index (κ2) is 13.0. The standard InChI is InChI=1S/C32H38N8O6S2/c1-37-13-15-38(16-14-37)24-9-11-25(12-10-24)39-32-29(31(33)34-22-35-32)30(36-39)23-5-2-6-26(19-23)40(47(41,42)20-27-7-3-17-45-27)48(43,44)21-28-8-4-18-46-28/h2-8,17-19,22,24-25H,9-16,20-21H2,1H3,(H2,33,34,35)/t24-,25+. The van der Waals surface area contributed by atoms with Crippen LogP contribution in [0.2, 0.25) is 0 Å². The average molecular weight is 695 g/mol. The van der Waals surface area contributed by atoms with Gasteiger partial charge in [0.05, 0.1) is 29.6 Å². The van der Waals surface area contributed by atoms with E-state index in [0.717, 1.165) is 51.9 Å². The van der Waals surface area contributed by atoms with E-state index in [1.807, 2.05) is 4.68 Å². The Kier molecular flexibility index (Phi) is 8.74. The lowest BCUT2D eigenvalue weighted by atomic mass is 9.90.